The summed E-state index contributed by atoms with van der Waals surface area (Å²) in [4.78, 5) is 25.1. The number of carbonyl (C=O) groups is 2. The van der Waals surface area contributed by atoms with Crippen molar-refractivity contribution in [2.75, 3.05) is 6.61 Å². The van der Waals surface area contributed by atoms with E-state index in [-0.39, 0.29) is 23.0 Å². The van der Waals surface area contributed by atoms with Crippen LogP contribution in [-0.4, -0.2) is 34.0 Å². The summed E-state index contributed by atoms with van der Waals surface area (Å²) in [6, 6.07) is 39.3. The van der Waals surface area contributed by atoms with Crippen LogP contribution in [0.25, 0.3) is 0 Å². The van der Waals surface area contributed by atoms with Crippen LogP contribution >= 0.6 is 27.5 Å². The maximum absolute atomic E-state index is 12.9. The lowest BCUT2D eigenvalue weighted by Crippen LogP contribution is -2.55. The molecule has 0 spiro atoms. The largest absolute Gasteiger partial charge is 0.459 e. The third-order valence-electron chi connectivity index (χ3n) is 7.69. The zero-order valence-electron chi connectivity index (χ0n) is 30.1. The fourth-order valence-electron chi connectivity index (χ4n) is 4.94. The predicted octanol–water partition coefficient (Wildman–Crippen LogP) is 11.2. The smallest absolute Gasteiger partial charge is 0.457 e. The molecule has 0 heterocycles. The highest BCUT2D eigenvalue weighted by Gasteiger charge is 2.30. The molecule has 1 N–H and O–H groups in total. The van der Waals surface area contributed by atoms with Gasteiger partial charge in [0.1, 0.15) is 17.2 Å². The number of rotatable bonds is 11. The fraction of sp³-hybridized carbons (Fsp3) is 0.238. The molecule has 5 rings (SSSR count). The van der Waals surface area contributed by atoms with Gasteiger partial charge in [-0.3, -0.25) is 15.0 Å². The lowest BCUT2D eigenvalue weighted by atomic mass is 9.85. The van der Waals surface area contributed by atoms with E-state index >= 15 is 0 Å². The molecular weight excluding hydrogens is 766 g/mol. The highest BCUT2D eigenvalue weighted by molar-refractivity contribution is 9.09. The summed E-state index contributed by atoms with van der Waals surface area (Å²) < 4.78 is 42.1. The van der Waals surface area contributed by atoms with Crippen LogP contribution in [-0.2, 0) is 16.8 Å². The van der Waals surface area contributed by atoms with Gasteiger partial charge in [0.15, 0.2) is 0 Å². The highest BCUT2D eigenvalue weighted by atomic mass is 79.9. The van der Waals surface area contributed by atoms with Crippen LogP contribution in [0.4, 0.5) is 8.78 Å². The van der Waals surface area contributed by atoms with Gasteiger partial charge in [-0.15, -0.1) is 0 Å². The van der Waals surface area contributed by atoms with Crippen molar-refractivity contribution in [3.63, 3.8) is 0 Å². The molecule has 0 saturated carbocycles. The van der Waals surface area contributed by atoms with Crippen molar-refractivity contribution in [3.8, 4) is 17.2 Å². The van der Waals surface area contributed by atoms with E-state index in [1.54, 1.807) is 60.7 Å². The number of hydrazine groups is 1. The maximum Gasteiger partial charge on any atom is 0.459 e. The third kappa shape index (κ3) is 13.3. The molecule has 0 aromatic heterocycles. The Hall–Kier alpha value is -4.77. The van der Waals surface area contributed by atoms with Crippen molar-refractivity contribution >= 4 is 39.3 Å². The Balaban J connectivity index is 0.000000245. The van der Waals surface area contributed by atoms with Crippen LogP contribution in [0.1, 0.15) is 66.5 Å². The summed E-state index contributed by atoms with van der Waals surface area (Å²) in [6.07, 6.45) is 0. The van der Waals surface area contributed by atoms with E-state index in [4.69, 9.17) is 21.1 Å². The predicted molar refractivity (Wildman–Crippen MR) is 208 cm³/mol. The first-order valence-corrected chi connectivity index (χ1v) is 17.9. The van der Waals surface area contributed by atoms with Crippen molar-refractivity contribution < 1.29 is 32.6 Å². The number of ether oxygens (including phenoxy) is 3. The van der Waals surface area contributed by atoms with Gasteiger partial charge in [-0.2, -0.15) is 8.78 Å². The van der Waals surface area contributed by atoms with Gasteiger partial charge >= 0.3 is 5.02 Å². The zero-order valence-corrected chi connectivity index (χ0v) is 32.5. The fourth-order valence-corrected chi connectivity index (χ4v) is 5.25. The summed E-state index contributed by atoms with van der Waals surface area (Å²) in [5, 5.41) is -1.49. The average molecular weight is 808 g/mol. The van der Waals surface area contributed by atoms with E-state index < -0.39 is 10.6 Å². The number of hydrogen-bond donors (Lipinski definition) is 1. The molecule has 0 aliphatic heterocycles. The van der Waals surface area contributed by atoms with Crippen LogP contribution in [0.2, 0.25) is 5.02 Å². The lowest BCUT2D eigenvalue weighted by molar-refractivity contribution is -0.0803. The second-order valence-electron chi connectivity index (χ2n) is 13.6. The van der Waals surface area contributed by atoms with E-state index in [2.05, 4.69) is 26.1 Å². The Labute approximate surface area is 322 Å². The Morgan fingerprint density at radius 1 is 0.717 bits per heavy atom. The third-order valence-corrected chi connectivity index (χ3v) is 8.11. The molecule has 0 atom stereocenters. The summed E-state index contributed by atoms with van der Waals surface area (Å²) in [7, 11) is 0. The number of halogens is 4. The molecule has 11 heteroatoms. The topological polar surface area (TPSA) is 77.1 Å². The monoisotopic (exact) mass is 806 g/mol. The Morgan fingerprint density at radius 3 is 1.89 bits per heavy atom. The summed E-state index contributed by atoms with van der Waals surface area (Å²) in [5.41, 5.74) is 4.74. The van der Waals surface area contributed by atoms with Crippen LogP contribution < -0.4 is 14.9 Å². The molecule has 5 aromatic rings. The number of hydrogen-bond acceptors (Lipinski definition) is 5. The van der Waals surface area contributed by atoms with E-state index in [9.17, 15) is 18.4 Å². The SMILES string of the molecule is CC(C)(C)N(NC(=O)c1ccc(Cl)cc1)C(=O)c1ccccc1.CC(C)(COCc1cccc(Oc2ccccc2)c1)c1ccc(OC(F)(F)Br)cc1. The van der Waals surface area contributed by atoms with Crippen molar-refractivity contribution in [2.45, 2.75) is 57.2 Å². The quantitative estimate of drug-likeness (QED) is 0.106. The molecule has 53 heavy (non-hydrogen) atoms. The number of amides is 2. The van der Waals surface area contributed by atoms with Crippen molar-refractivity contribution in [1.82, 2.24) is 10.4 Å². The maximum atomic E-state index is 12.9. The second-order valence-corrected chi connectivity index (χ2v) is 15.0. The molecule has 5 aromatic carbocycles. The first-order chi connectivity index (χ1) is 25.0. The first kappa shape index (κ1) is 41.0. The standard InChI is InChI=1S/C24H23BrF2O3.C18H19ClN2O2/c1-23(2,19-11-13-21(14-12-19)30-24(25,26)27)17-28-16-18-7-6-10-22(15-18)29-20-8-4-3-5-9-20;1-18(2,3)21(17(23)14-7-5-4-6-8-14)20-16(22)13-9-11-15(19)12-10-13/h3-15H,16-17H2,1-2H3;4-12H,1-3H3,(H,20,22). The van der Waals surface area contributed by atoms with Gasteiger partial charge in [0.05, 0.1) is 18.8 Å². The van der Waals surface area contributed by atoms with Gasteiger partial charge in [-0.1, -0.05) is 86.1 Å². The molecule has 0 radical (unpaired) electrons. The van der Waals surface area contributed by atoms with Gasteiger partial charge in [-0.25, -0.2) is 5.01 Å². The van der Waals surface area contributed by atoms with E-state index in [1.165, 1.54) is 17.1 Å². The minimum absolute atomic E-state index is 0.0903. The minimum Gasteiger partial charge on any atom is -0.457 e. The molecule has 2 amide bonds. The summed E-state index contributed by atoms with van der Waals surface area (Å²) in [6.45, 7) is 10.5. The molecular formula is C42H42BrClF2N2O5. The molecule has 0 bridgehead atoms. The summed E-state index contributed by atoms with van der Waals surface area (Å²) in [5.74, 6) is 0.997. The number of nitrogens with zero attached hydrogens (tertiary/aromatic N) is 1. The normalized spacial score (nSPS) is 11.5. The summed E-state index contributed by atoms with van der Waals surface area (Å²) >= 11 is 8.00. The van der Waals surface area contributed by atoms with E-state index in [0.717, 1.165) is 22.6 Å². The molecule has 0 saturated heterocycles. The van der Waals surface area contributed by atoms with E-state index in [1.807, 2.05) is 95.3 Å². The Morgan fingerprint density at radius 2 is 1.30 bits per heavy atom. The lowest BCUT2D eigenvalue weighted by Gasteiger charge is -2.35. The number of alkyl halides is 3. The highest BCUT2D eigenvalue weighted by Crippen LogP contribution is 2.30. The molecule has 0 aliphatic carbocycles. The molecule has 0 fully saturated rings. The van der Waals surface area contributed by atoms with Crippen molar-refractivity contribution in [1.29, 1.82) is 0 Å². The van der Waals surface area contributed by atoms with E-state index in [0.29, 0.717) is 29.4 Å². The van der Waals surface area contributed by atoms with Crippen molar-refractivity contribution in [3.05, 3.63) is 161 Å². The Bertz CT molecular complexity index is 1920. The average Bonchev–Trinajstić information content (AvgIpc) is 3.11. The van der Waals surface area contributed by atoms with Crippen LogP contribution in [0.15, 0.2) is 133 Å². The second kappa shape index (κ2) is 18.3. The van der Waals surface area contributed by atoms with Gasteiger partial charge in [0.2, 0.25) is 0 Å². The number of nitrogens with one attached hydrogen (secondary N) is 1. The Kier molecular flexibility index (Phi) is 14.2. The van der Waals surface area contributed by atoms with Gasteiger partial charge in [-0.05, 0) is 105 Å². The van der Waals surface area contributed by atoms with Gasteiger partial charge in [0.25, 0.3) is 11.8 Å². The molecule has 0 unspecified atom stereocenters. The van der Waals surface area contributed by atoms with Crippen LogP contribution in [0.5, 0.6) is 17.2 Å². The van der Waals surface area contributed by atoms with Gasteiger partial charge < -0.3 is 14.2 Å². The molecule has 278 valence electrons. The van der Waals surface area contributed by atoms with Gasteiger partial charge in [0, 0.05) is 37.5 Å². The number of para-hydroxylation sites is 1. The number of benzene rings is 5. The molecule has 0 aliphatic rings. The molecule has 7 nitrogen and oxygen atoms in total. The van der Waals surface area contributed by atoms with Crippen molar-refractivity contribution in [2.24, 2.45) is 0 Å². The van der Waals surface area contributed by atoms with Crippen LogP contribution in [0.3, 0.4) is 0 Å². The number of carbonyl (C=O) groups excluding carboxylic acids is 2. The first-order valence-electron chi connectivity index (χ1n) is 16.7. The van der Waals surface area contributed by atoms with Crippen LogP contribution in [0, 0.1) is 0 Å². The zero-order chi connectivity index (χ0) is 38.6. The minimum atomic E-state index is -3.38.